The summed E-state index contributed by atoms with van der Waals surface area (Å²) in [7, 11) is 0. The van der Waals surface area contributed by atoms with Crippen LogP contribution in [0.5, 0.6) is 0 Å². The summed E-state index contributed by atoms with van der Waals surface area (Å²) in [5.41, 5.74) is -0.985. The van der Waals surface area contributed by atoms with Crippen LogP contribution in [-0.4, -0.2) is 35.4 Å². The molecule has 2 N–H and O–H groups in total. The van der Waals surface area contributed by atoms with Gasteiger partial charge in [0.05, 0.1) is 0 Å². The SMILES string of the molecule is CCCNC(=O)NC(=O)COC(=O)C1(C)CC1(Cl)Cl. The first-order valence-corrected chi connectivity index (χ1v) is 6.61. The molecule has 1 unspecified atom stereocenters. The second-order valence-electron chi connectivity index (χ2n) is 4.59. The number of alkyl halides is 2. The van der Waals surface area contributed by atoms with E-state index in [1.54, 1.807) is 6.92 Å². The number of urea groups is 1. The molecule has 0 radical (unpaired) electrons. The molecule has 0 spiro atoms. The van der Waals surface area contributed by atoms with Crippen LogP contribution in [0.3, 0.4) is 0 Å². The number of imide groups is 1. The van der Waals surface area contributed by atoms with Crippen LogP contribution in [0.25, 0.3) is 0 Å². The summed E-state index contributed by atoms with van der Waals surface area (Å²) in [6, 6.07) is -0.621. The van der Waals surface area contributed by atoms with Crippen molar-refractivity contribution in [2.24, 2.45) is 5.41 Å². The van der Waals surface area contributed by atoms with Crippen LogP contribution < -0.4 is 10.6 Å². The fourth-order valence-electron chi connectivity index (χ4n) is 1.36. The van der Waals surface area contributed by atoms with Crippen LogP contribution in [0.1, 0.15) is 26.7 Å². The van der Waals surface area contributed by atoms with Crippen LogP contribution in [0.4, 0.5) is 4.79 Å². The summed E-state index contributed by atoms with van der Waals surface area (Å²) in [6.07, 6.45) is 1.03. The standard InChI is InChI=1S/C11H16Cl2N2O4/c1-3-4-14-9(18)15-7(16)5-19-8(17)10(2)6-11(10,12)13/h3-6H2,1-2H3,(H2,14,15,16,18). The minimum absolute atomic E-state index is 0.278. The second kappa shape index (κ2) is 5.96. The zero-order chi connectivity index (χ0) is 14.7. The van der Waals surface area contributed by atoms with E-state index in [9.17, 15) is 14.4 Å². The Balaban J connectivity index is 2.28. The van der Waals surface area contributed by atoms with Crippen LogP contribution in [0.2, 0.25) is 0 Å². The molecule has 0 aromatic heterocycles. The van der Waals surface area contributed by atoms with Crippen molar-refractivity contribution in [3.63, 3.8) is 0 Å². The number of carbonyl (C=O) groups is 3. The van der Waals surface area contributed by atoms with Gasteiger partial charge >= 0.3 is 12.0 Å². The average molecular weight is 311 g/mol. The highest BCUT2D eigenvalue weighted by Gasteiger charge is 2.69. The first-order valence-electron chi connectivity index (χ1n) is 5.85. The summed E-state index contributed by atoms with van der Waals surface area (Å²) >= 11 is 11.6. The Morgan fingerprint density at radius 2 is 1.89 bits per heavy atom. The maximum absolute atomic E-state index is 11.6. The molecule has 0 saturated heterocycles. The van der Waals surface area contributed by atoms with Crippen LogP contribution in [-0.2, 0) is 14.3 Å². The molecule has 1 fully saturated rings. The largest absolute Gasteiger partial charge is 0.455 e. The van der Waals surface area contributed by atoms with E-state index in [-0.39, 0.29) is 6.42 Å². The van der Waals surface area contributed by atoms with Crippen molar-refractivity contribution in [1.82, 2.24) is 10.6 Å². The molecule has 0 aliphatic heterocycles. The number of hydrogen-bond donors (Lipinski definition) is 2. The third kappa shape index (κ3) is 3.98. The quantitative estimate of drug-likeness (QED) is 0.593. The summed E-state index contributed by atoms with van der Waals surface area (Å²) in [5, 5.41) is 4.48. The van der Waals surface area contributed by atoms with E-state index in [1.165, 1.54) is 0 Å². The fourth-order valence-corrected chi connectivity index (χ4v) is 2.05. The van der Waals surface area contributed by atoms with Crippen molar-refractivity contribution in [3.8, 4) is 0 Å². The Hall–Kier alpha value is -1.01. The zero-order valence-electron chi connectivity index (χ0n) is 10.7. The lowest BCUT2D eigenvalue weighted by Crippen LogP contribution is -2.42. The summed E-state index contributed by atoms with van der Waals surface area (Å²) in [5.74, 6) is -1.36. The Bertz CT molecular complexity index is 400. The highest BCUT2D eigenvalue weighted by atomic mass is 35.5. The molecule has 1 atom stereocenters. The Morgan fingerprint density at radius 3 is 2.37 bits per heavy atom. The predicted molar refractivity (Wildman–Crippen MR) is 70.0 cm³/mol. The van der Waals surface area contributed by atoms with Gasteiger partial charge in [-0.3, -0.25) is 14.9 Å². The van der Waals surface area contributed by atoms with E-state index in [2.05, 4.69) is 5.32 Å². The smallest absolute Gasteiger partial charge is 0.321 e. The molecule has 19 heavy (non-hydrogen) atoms. The molecule has 6 nitrogen and oxygen atoms in total. The number of esters is 1. The normalized spacial score (nSPS) is 23.4. The van der Waals surface area contributed by atoms with Gasteiger partial charge in [-0.15, -0.1) is 23.2 Å². The van der Waals surface area contributed by atoms with E-state index >= 15 is 0 Å². The van der Waals surface area contributed by atoms with Gasteiger partial charge in [0.2, 0.25) is 0 Å². The predicted octanol–water partition coefficient (Wildman–Crippen LogP) is 1.35. The minimum Gasteiger partial charge on any atom is -0.455 e. The van der Waals surface area contributed by atoms with Crippen LogP contribution >= 0.6 is 23.2 Å². The van der Waals surface area contributed by atoms with E-state index < -0.39 is 34.3 Å². The number of rotatable bonds is 5. The molecular formula is C11H16Cl2N2O4. The monoisotopic (exact) mass is 310 g/mol. The first kappa shape index (κ1) is 16.0. The number of hydrogen-bond acceptors (Lipinski definition) is 4. The van der Waals surface area contributed by atoms with Gasteiger partial charge in [-0.1, -0.05) is 6.92 Å². The van der Waals surface area contributed by atoms with E-state index in [0.717, 1.165) is 6.42 Å². The number of nitrogens with one attached hydrogen (secondary N) is 2. The lowest BCUT2D eigenvalue weighted by atomic mass is 10.1. The van der Waals surface area contributed by atoms with Crippen molar-refractivity contribution in [3.05, 3.63) is 0 Å². The molecule has 1 saturated carbocycles. The molecule has 0 bridgehead atoms. The molecule has 3 amide bonds. The highest BCUT2D eigenvalue weighted by Crippen LogP contribution is 2.64. The van der Waals surface area contributed by atoms with Gasteiger partial charge in [0.15, 0.2) is 6.61 Å². The third-order valence-corrected chi connectivity index (χ3v) is 3.93. The topological polar surface area (TPSA) is 84.5 Å². The van der Waals surface area contributed by atoms with E-state index in [0.29, 0.717) is 6.54 Å². The van der Waals surface area contributed by atoms with Gasteiger partial charge in [-0.05, 0) is 13.3 Å². The number of amides is 3. The Labute approximate surface area is 121 Å². The lowest BCUT2D eigenvalue weighted by Gasteiger charge is -2.11. The van der Waals surface area contributed by atoms with Crippen molar-refractivity contribution in [2.75, 3.05) is 13.2 Å². The molecule has 0 aromatic rings. The highest BCUT2D eigenvalue weighted by molar-refractivity contribution is 6.53. The molecule has 1 aliphatic carbocycles. The van der Waals surface area contributed by atoms with Crippen molar-refractivity contribution >= 4 is 41.1 Å². The van der Waals surface area contributed by atoms with Crippen LogP contribution in [0.15, 0.2) is 0 Å². The molecular weight excluding hydrogens is 295 g/mol. The Morgan fingerprint density at radius 1 is 1.32 bits per heavy atom. The minimum atomic E-state index is -1.14. The van der Waals surface area contributed by atoms with Gasteiger partial charge < -0.3 is 10.1 Å². The summed E-state index contributed by atoms with van der Waals surface area (Å²) in [4.78, 5) is 34.1. The van der Waals surface area contributed by atoms with E-state index in [1.807, 2.05) is 12.2 Å². The maximum atomic E-state index is 11.6. The van der Waals surface area contributed by atoms with Gasteiger partial charge in [0.1, 0.15) is 9.75 Å². The number of halogens is 2. The maximum Gasteiger partial charge on any atom is 0.321 e. The number of carbonyl (C=O) groups excluding carboxylic acids is 3. The molecule has 0 aromatic carbocycles. The zero-order valence-corrected chi connectivity index (χ0v) is 12.2. The molecule has 0 heterocycles. The molecule has 108 valence electrons. The molecule has 8 heteroatoms. The second-order valence-corrected chi connectivity index (χ2v) is 6.08. The van der Waals surface area contributed by atoms with E-state index in [4.69, 9.17) is 27.9 Å². The summed E-state index contributed by atoms with van der Waals surface area (Å²) < 4.78 is 3.63. The van der Waals surface area contributed by atoms with Gasteiger partial charge in [0.25, 0.3) is 5.91 Å². The fraction of sp³-hybridized carbons (Fsp3) is 0.727. The van der Waals surface area contributed by atoms with Crippen LogP contribution in [0, 0.1) is 5.41 Å². The lowest BCUT2D eigenvalue weighted by molar-refractivity contribution is -0.153. The molecule has 1 rings (SSSR count). The third-order valence-electron chi connectivity index (χ3n) is 2.83. The number of ether oxygens (including phenoxy) is 1. The molecule has 1 aliphatic rings. The van der Waals surface area contributed by atoms with Gasteiger partial charge in [-0.2, -0.15) is 0 Å². The van der Waals surface area contributed by atoms with Gasteiger partial charge in [-0.25, -0.2) is 4.79 Å². The van der Waals surface area contributed by atoms with Crippen molar-refractivity contribution in [1.29, 1.82) is 0 Å². The first-order chi connectivity index (χ1) is 8.73. The summed E-state index contributed by atoms with van der Waals surface area (Å²) in [6.45, 7) is 3.35. The van der Waals surface area contributed by atoms with Crippen molar-refractivity contribution in [2.45, 2.75) is 31.0 Å². The van der Waals surface area contributed by atoms with Gasteiger partial charge in [0, 0.05) is 13.0 Å². The Kier molecular flexibility index (Phi) is 5.04. The average Bonchev–Trinajstić information content (AvgIpc) is 2.84. The van der Waals surface area contributed by atoms with Crippen molar-refractivity contribution < 1.29 is 19.1 Å².